The van der Waals surface area contributed by atoms with Gasteiger partial charge < -0.3 is 10.5 Å². The molecule has 1 heterocycles. The van der Waals surface area contributed by atoms with Gasteiger partial charge in [0.25, 0.3) is 0 Å². The largest absolute Gasteiger partial charge is 0.326 e. The zero-order valence-corrected chi connectivity index (χ0v) is 7.66. The molecule has 0 unspecified atom stereocenters. The minimum atomic E-state index is 0.600. The Labute approximate surface area is 73.6 Å². The molecule has 0 saturated carbocycles. The number of nitrogens with two attached hydrogens (primary N) is 1. The molecule has 0 aromatic carbocycles. The molecular formula is C9H16N2O. The highest BCUT2D eigenvalue weighted by atomic mass is 16.1. The van der Waals surface area contributed by atoms with E-state index in [2.05, 4.69) is 4.98 Å². The summed E-state index contributed by atoms with van der Waals surface area (Å²) < 4.78 is 0. The van der Waals surface area contributed by atoms with Crippen LogP contribution in [0.3, 0.4) is 0 Å². The average Bonchev–Trinajstić information content (AvgIpc) is 2.25. The van der Waals surface area contributed by atoms with E-state index >= 15 is 0 Å². The molecule has 3 nitrogen and oxygen atoms in total. The fourth-order valence-electron chi connectivity index (χ4n) is 0.519. The van der Waals surface area contributed by atoms with Gasteiger partial charge in [-0.15, -0.1) is 0 Å². The van der Waals surface area contributed by atoms with Crippen LogP contribution in [0.1, 0.15) is 19.4 Å². The van der Waals surface area contributed by atoms with Crippen molar-refractivity contribution in [1.82, 2.24) is 4.98 Å². The predicted octanol–water partition coefficient (Wildman–Crippen LogP) is 1.38. The number of hydrogen-bond donors (Lipinski definition) is 1. The first-order chi connectivity index (χ1) is 5.93. The number of pyridine rings is 1. The van der Waals surface area contributed by atoms with E-state index in [0.717, 1.165) is 5.56 Å². The Kier molecular flexibility index (Phi) is 13.9. The smallest absolute Gasteiger partial charge is 0.106 e. The van der Waals surface area contributed by atoms with Gasteiger partial charge in [-0.3, -0.25) is 4.98 Å². The summed E-state index contributed by atoms with van der Waals surface area (Å²) in [6, 6.07) is 3.81. The van der Waals surface area contributed by atoms with Gasteiger partial charge >= 0.3 is 0 Å². The topological polar surface area (TPSA) is 56.0 Å². The molecule has 3 heteroatoms. The third kappa shape index (κ3) is 6.89. The van der Waals surface area contributed by atoms with Gasteiger partial charge in [-0.25, -0.2) is 0 Å². The Morgan fingerprint density at radius 3 is 2.00 bits per heavy atom. The Morgan fingerprint density at radius 2 is 1.75 bits per heavy atom. The van der Waals surface area contributed by atoms with Gasteiger partial charge in [0.1, 0.15) is 6.79 Å². The number of rotatable bonds is 1. The number of hydrogen-bond acceptors (Lipinski definition) is 3. The summed E-state index contributed by atoms with van der Waals surface area (Å²) in [7, 11) is 0. The van der Waals surface area contributed by atoms with Crippen molar-refractivity contribution in [2.24, 2.45) is 5.73 Å². The van der Waals surface area contributed by atoms with Crippen molar-refractivity contribution in [1.29, 1.82) is 0 Å². The van der Waals surface area contributed by atoms with Crippen molar-refractivity contribution in [3.63, 3.8) is 0 Å². The summed E-state index contributed by atoms with van der Waals surface area (Å²) in [5, 5.41) is 0. The highest BCUT2D eigenvalue weighted by Gasteiger charge is 1.80. The summed E-state index contributed by atoms with van der Waals surface area (Å²) >= 11 is 0. The van der Waals surface area contributed by atoms with Crippen molar-refractivity contribution in [3.8, 4) is 0 Å². The lowest BCUT2D eigenvalue weighted by molar-refractivity contribution is -0.0979. The molecule has 2 N–H and O–H groups in total. The monoisotopic (exact) mass is 168 g/mol. The van der Waals surface area contributed by atoms with Crippen LogP contribution in [0.5, 0.6) is 0 Å². The van der Waals surface area contributed by atoms with E-state index in [9.17, 15) is 0 Å². The first-order valence-corrected chi connectivity index (χ1v) is 3.81. The van der Waals surface area contributed by atoms with Crippen LogP contribution in [0.2, 0.25) is 0 Å². The predicted molar refractivity (Wildman–Crippen MR) is 50.6 cm³/mol. The van der Waals surface area contributed by atoms with E-state index < -0.39 is 0 Å². The summed E-state index contributed by atoms with van der Waals surface area (Å²) in [6.45, 7) is 6.60. The maximum atomic E-state index is 8.00. The van der Waals surface area contributed by atoms with Crippen LogP contribution in [-0.4, -0.2) is 11.8 Å². The van der Waals surface area contributed by atoms with Gasteiger partial charge in [0.05, 0.1) is 0 Å². The van der Waals surface area contributed by atoms with Crippen LogP contribution in [0.15, 0.2) is 24.5 Å². The molecule has 12 heavy (non-hydrogen) atoms. The zero-order valence-electron chi connectivity index (χ0n) is 7.66. The molecule has 1 rings (SSSR count). The Hall–Kier alpha value is -1.22. The summed E-state index contributed by atoms with van der Waals surface area (Å²) in [5.74, 6) is 0. The first kappa shape index (κ1) is 13.4. The second kappa shape index (κ2) is 12.5. The Balaban J connectivity index is 0. The second-order valence-electron chi connectivity index (χ2n) is 1.56. The van der Waals surface area contributed by atoms with Crippen LogP contribution in [0.25, 0.3) is 0 Å². The average molecular weight is 168 g/mol. The highest BCUT2D eigenvalue weighted by molar-refractivity contribution is 5.11. The molecule has 1 aromatic heterocycles. The molecule has 0 amide bonds. The molecule has 68 valence electrons. The molecule has 0 fully saturated rings. The minimum Gasteiger partial charge on any atom is -0.326 e. The van der Waals surface area contributed by atoms with E-state index in [-0.39, 0.29) is 0 Å². The summed E-state index contributed by atoms with van der Waals surface area (Å²) in [6.07, 6.45) is 3.48. The molecule has 0 bridgehead atoms. The molecule has 0 radical (unpaired) electrons. The maximum absolute atomic E-state index is 8.00. The van der Waals surface area contributed by atoms with E-state index in [4.69, 9.17) is 10.5 Å². The van der Waals surface area contributed by atoms with Crippen molar-refractivity contribution < 1.29 is 4.79 Å². The van der Waals surface area contributed by atoms with Crippen molar-refractivity contribution in [2.75, 3.05) is 0 Å². The van der Waals surface area contributed by atoms with E-state index in [0.29, 0.717) is 6.54 Å². The molecule has 0 aliphatic rings. The van der Waals surface area contributed by atoms with Gasteiger partial charge in [0.2, 0.25) is 0 Å². The van der Waals surface area contributed by atoms with E-state index in [1.807, 2.05) is 32.8 Å². The molecular weight excluding hydrogens is 152 g/mol. The van der Waals surface area contributed by atoms with Gasteiger partial charge in [-0.2, -0.15) is 0 Å². The normalized spacial score (nSPS) is 6.92. The van der Waals surface area contributed by atoms with Crippen LogP contribution < -0.4 is 5.73 Å². The molecule has 0 aliphatic carbocycles. The van der Waals surface area contributed by atoms with E-state index in [1.165, 1.54) is 0 Å². The van der Waals surface area contributed by atoms with Gasteiger partial charge in [-0.1, -0.05) is 13.8 Å². The van der Waals surface area contributed by atoms with Crippen molar-refractivity contribution in [3.05, 3.63) is 30.1 Å². The lowest BCUT2D eigenvalue weighted by atomic mass is 10.3. The SMILES string of the molecule is C=O.CC.NCc1ccncc1. The lowest BCUT2D eigenvalue weighted by Crippen LogP contribution is -1.94. The maximum Gasteiger partial charge on any atom is 0.106 e. The lowest BCUT2D eigenvalue weighted by Gasteiger charge is -1.89. The number of carbonyl (C=O) groups is 1. The van der Waals surface area contributed by atoms with E-state index in [1.54, 1.807) is 12.4 Å². The summed E-state index contributed by atoms with van der Waals surface area (Å²) in [5.41, 5.74) is 6.45. The van der Waals surface area contributed by atoms with Gasteiger partial charge in [0, 0.05) is 18.9 Å². The summed E-state index contributed by atoms with van der Waals surface area (Å²) in [4.78, 5) is 11.8. The van der Waals surface area contributed by atoms with Crippen LogP contribution in [-0.2, 0) is 11.3 Å². The molecule has 0 atom stereocenters. The quantitative estimate of drug-likeness (QED) is 0.689. The third-order valence-corrected chi connectivity index (χ3v) is 0.985. The Bertz CT molecular complexity index is 165. The number of aromatic nitrogens is 1. The zero-order chi connectivity index (χ0) is 9.82. The molecule has 1 aromatic rings. The second-order valence-corrected chi connectivity index (χ2v) is 1.56. The van der Waals surface area contributed by atoms with Crippen LogP contribution >= 0.6 is 0 Å². The molecule has 0 spiro atoms. The number of carbonyl (C=O) groups excluding carboxylic acids is 1. The standard InChI is InChI=1S/C6H8N2.C2H6.CH2O/c7-5-6-1-3-8-4-2-6;2*1-2/h1-4H,5,7H2;1-2H3;1H2. The van der Waals surface area contributed by atoms with Crippen molar-refractivity contribution in [2.45, 2.75) is 20.4 Å². The van der Waals surface area contributed by atoms with Gasteiger partial charge in [-0.05, 0) is 17.7 Å². The highest BCUT2D eigenvalue weighted by Crippen LogP contribution is 1.91. The first-order valence-electron chi connectivity index (χ1n) is 3.81. The molecule has 0 aliphatic heterocycles. The molecule has 0 saturated heterocycles. The fraction of sp³-hybridized carbons (Fsp3) is 0.333. The van der Waals surface area contributed by atoms with Crippen molar-refractivity contribution >= 4 is 6.79 Å². The van der Waals surface area contributed by atoms with Crippen LogP contribution in [0.4, 0.5) is 0 Å². The fourth-order valence-corrected chi connectivity index (χ4v) is 0.519. The Morgan fingerprint density at radius 1 is 1.33 bits per heavy atom. The number of nitrogens with zero attached hydrogens (tertiary/aromatic N) is 1. The van der Waals surface area contributed by atoms with Gasteiger partial charge in [0.15, 0.2) is 0 Å². The minimum absolute atomic E-state index is 0.600. The third-order valence-electron chi connectivity index (χ3n) is 0.985. The van der Waals surface area contributed by atoms with Crippen LogP contribution in [0, 0.1) is 0 Å².